The van der Waals surface area contributed by atoms with Crippen LogP contribution in [0.1, 0.15) is 18.6 Å². The minimum Gasteiger partial charge on any atom is -0.389 e. The third-order valence-corrected chi connectivity index (χ3v) is 1.98. The van der Waals surface area contributed by atoms with Crippen molar-refractivity contribution >= 4 is 5.52 Å². The normalized spacial score (nSPS) is 13.5. The van der Waals surface area contributed by atoms with Crippen LogP contribution in [0, 0.1) is 5.82 Å². The van der Waals surface area contributed by atoms with E-state index in [1.54, 1.807) is 25.3 Å². The van der Waals surface area contributed by atoms with E-state index in [9.17, 15) is 9.50 Å². The summed E-state index contributed by atoms with van der Waals surface area (Å²) in [5.41, 5.74) is 1.07. The molecule has 0 bridgehead atoms. The summed E-state index contributed by atoms with van der Waals surface area (Å²) in [7, 11) is 0. The van der Waals surface area contributed by atoms with Crippen LogP contribution in [0.3, 0.4) is 0 Å². The standard InChI is InChI=1S/C9H9FN2O/c1-6(13)7-2-3-12-9(4-7)8(10)5-11-12/h2-6,13H,1H3. The predicted octanol–water partition coefficient (Wildman–Crippen LogP) is 1.53. The fraction of sp³-hybridized carbons (Fsp3) is 0.222. The quantitative estimate of drug-likeness (QED) is 0.722. The largest absolute Gasteiger partial charge is 0.389 e. The molecule has 0 amide bonds. The molecule has 0 saturated heterocycles. The zero-order valence-electron chi connectivity index (χ0n) is 7.11. The van der Waals surface area contributed by atoms with Crippen molar-refractivity contribution in [2.24, 2.45) is 0 Å². The van der Waals surface area contributed by atoms with Gasteiger partial charge in [0.2, 0.25) is 0 Å². The molecule has 2 rings (SSSR count). The van der Waals surface area contributed by atoms with Gasteiger partial charge in [-0.15, -0.1) is 0 Å². The molecule has 0 aliphatic heterocycles. The first-order valence-electron chi connectivity index (χ1n) is 3.99. The molecular formula is C9H9FN2O. The average molecular weight is 180 g/mol. The van der Waals surface area contributed by atoms with Crippen LogP contribution in [0.15, 0.2) is 24.5 Å². The Morgan fingerprint density at radius 1 is 1.62 bits per heavy atom. The van der Waals surface area contributed by atoms with E-state index in [4.69, 9.17) is 0 Å². The van der Waals surface area contributed by atoms with Gasteiger partial charge in [0.1, 0.15) is 5.52 Å². The summed E-state index contributed by atoms with van der Waals surface area (Å²) >= 11 is 0. The highest BCUT2D eigenvalue weighted by atomic mass is 19.1. The summed E-state index contributed by atoms with van der Waals surface area (Å²) in [5.74, 6) is -0.373. The van der Waals surface area contributed by atoms with Crippen LogP contribution in [-0.4, -0.2) is 14.7 Å². The van der Waals surface area contributed by atoms with Crippen molar-refractivity contribution in [1.29, 1.82) is 0 Å². The summed E-state index contributed by atoms with van der Waals surface area (Å²) in [5, 5.41) is 13.0. The molecule has 13 heavy (non-hydrogen) atoms. The summed E-state index contributed by atoms with van der Waals surface area (Å²) < 4.78 is 14.5. The summed E-state index contributed by atoms with van der Waals surface area (Å²) in [6.07, 6.45) is 2.20. The van der Waals surface area contributed by atoms with Gasteiger partial charge in [0.05, 0.1) is 12.3 Å². The number of aliphatic hydroxyl groups excluding tert-OH is 1. The molecule has 2 heterocycles. The maximum absolute atomic E-state index is 13.0. The molecule has 2 aromatic heterocycles. The van der Waals surface area contributed by atoms with Crippen LogP contribution < -0.4 is 0 Å². The summed E-state index contributed by atoms with van der Waals surface area (Å²) in [4.78, 5) is 0. The molecule has 1 atom stereocenters. The highest BCUT2D eigenvalue weighted by Gasteiger charge is 2.06. The number of nitrogens with zero attached hydrogens (tertiary/aromatic N) is 2. The zero-order valence-corrected chi connectivity index (χ0v) is 7.11. The monoisotopic (exact) mass is 180 g/mol. The van der Waals surface area contributed by atoms with Gasteiger partial charge in [-0.25, -0.2) is 8.91 Å². The highest BCUT2D eigenvalue weighted by Crippen LogP contribution is 2.16. The van der Waals surface area contributed by atoms with Crippen LogP contribution >= 0.6 is 0 Å². The summed E-state index contributed by atoms with van der Waals surface area (Å²) in [6, 6.07) is 3.30. The van der Waals surface area contributed by atoms with E-state index in [-0.39, 0.29) is 5.82 Å². The molecule has 0 fully saturated rings. The lowest BCUT2D eigenvalue weighted by molar-refractivity contribution is 0.199. The highest BCUT2D eigenvalue weighted by molar-refractivity contribution is 5.49. The van der Waals surface area contributed by atoms with Crippen LogP contribution in [0.5, 0.6) is 0 Å². The van der Waals surface area contributed by atoms with Crippen LogP contribution in [-0.2, 0) is 0 Å². The number of aliphatic hydroxyl groups is 1. The van der Waals surface area contributed by atoms with Gasteiger partial charge in [0, 0.05) is 6.20 Å². The lowest BCUT2D eigenvalue weighted by Gasteiger charge is -2.03. The molecular weight excluding hydrogens is 171 g/mol. The number of pyridine rings is 1. The van der Waals surface area contributed by atoms with Gasteiger partial charge in [0.25, 0.3) is 0 Å². The molecule has 0 aromatic carbocycles. The maximum Gasteiger partial charge on any atom is 0.168 e. The van der Waals surface area contributed by atoms with Crippen molar-refractivity contribution in [3.63, 3.8) is 0 Å². The Labute approximate surface area is 74.4 Å². The van der Waals surface area contributed by atoms with E-state index in [1.807, 2.05) is 0 Å². The van der Waals surface area contributed by atoms with Gasteiger partial charge >= 0.3 is 0 Å². The van der Waals surface area contributed by atoms with E-state index in [0.29, 0.717) is 11.1 Å². The second kappa shape index (κ2) is 2.81. The van der Waals surface area contributed by atoms with Gasteiger partial charge in [-0.3, -0.25) is 0 Å². The first-order chi connectivity index (χ1) is 6.18. The Kier molecular flexibility index (Phi) is 1.77. The molecule has 1 unspecified atom stereocenters. The number of hydrogen-bond acceptors (Lipinski definition) is 2. The van der Waals surface area contributed by atoms with E-state index in [2.05, 4.69) is 5.10 Å². The Balaban J connectivity index is 2.66. The second-order valence-electron chi connectivity index (χ2n) is 2.96. The predicted molar refractivity (Wildman–Crippen MR) is 45.8 cm³/mol. The molecule has 0 saturated carbocycles. The average Bonchev–Trinajstić information content (AvgIpc) is 2.47. The zero-order chi connectivity index (χ0) is 9.42. The van der Waals surface area contributed by atoms with E-state index in [1.165, 1.54) is 4.52 Å². The molecule has 0 aliphatic rings. The van der Waals surface area contributed by atoms with E-state index in [0.717, 1.165) is 6.20 Å². The van der Waals surface area contributed by atoms with Crippen molar-refractivity contribution in [2.75, 3.05) is 0 Å². The van der Waals surface area contributed by atoms with Gasteiger partial charge in [0.15, 0.2) is 5.82 Å². The second-order valence-corrected chi connectivity index (χ2v) is 2.96. The molecule has 68 valence electrons. The topological polar surface area (TPSA) is 37.5 Å². The lowest BCUT2D eigenvalue weighted by atomic mass is 10.1. The third-order valence-electron chi connectivity index (χ3n) is 1.98. The van der Waals surface area contributed by atoms with Crippen LogP contribution in [0.4, 0.5) is 4.39 Å². The summed E-state index contributed by atoms with van der Waals surface area (Å²) in [6.45, 7) is 1.64. The van der Waals surface area contributed by atoms with E-state index < -0.39 is 6.10 Å². The van der Waals surface area contributed by atoms with Crippen LogP contribution in [0.2, 0.25) is 0 Å². The minimum atomic E-state index is -0.584. The fourth-order valence-electron chi connectivity index (χ4n) is 1.23. The number of hydrogen-bond donors (Lipinski definition) is 1. The van der Waals surface area contributed by atoms with Crippen molar-refractivity contribution in [3.8, 4) is 0 Å². The first kappa shape index (κ1) is 8.19. The minimum absolute atomic E-state index is 0.373. The molecule has 0 aliphatic carbocycles. The smallest absolute Gasteiger partial charge is 0.168 e. The SMILES string of the molecule is CC(O)c1ccn2ncc(F)c2c1. The molecule has 2 aromatic rings. The van der Waals surface area contributed by atoms with Gasteiger partial charge in [-0.05, 0) is 24.6 Å². The van der Waals surface area contributed by atoms with Gasteiger partial charge in [-0.2, -0.15) is 5.10 Å². The molecule has 3 nitrogen and oxygen atoms in total. The Hall–Kier alpha value is -1.42. The molecule has 1 N–H and O–H groups in total. The number of halogens is 1. The van der Waals surface area contributed by atoms with Crippen molar-refractivity contribution in [2.45, 2.75) is 13.0 Å². The first-order valence-corrected chi connectivity index (χ1v) is 3.99. The lowest BCUT2D eigenvalue weighted by Crippen LogP contribution is -1.94. The van der Waals surface area contributed by atoms with Gasteiger partial charge in [-0.1, -0.05) is 0 Å². The molecule has 4 heteroatoms. The Morgan fingerprint density at radius 3 is 3.08 bits per heavy atom. The Bertz CT molecular complexity index is 436. The van der Waals surface area contributed by atoms with E-state index >= 15 is 0 Å². The number of aromatic nitrogens is 2. The van der Waals surface area contributed by atoms with Crippen molar-refractivity contribution in [1.82, 2.24) is 9.61 Å². The number of fused-ring (bicyclic) bond motifs is 1. The third kappa shape index (κ3) is 1.29. The Morgan fingerprint density at radius 2 is 2.38 bits per heavy atom. The number of rotatable bonds is 1. The van der Waals surface area contributed by atoms with Crippen molar-refractivity contribution in [3.05, 3.63) is 35.9 Å². The fourth-order valence-corrected chi connectivity index (χ4v) is 1.23. The van der Waals surface area contributed by atoms with Crippen LogP contribution in [0.25, 0.3) is 5.52 Å². The maximum atomic E-state index is 13.0. The molecule has 0 spiro atoms. The van der Waals surface area contributed by atoms with Gasteiger partial charge < -0.3 is 5.11 Å². The van der Waals surface area contributed by atoms with Crippen molar-refractivity contribution < 1.29 is 9.50 Å². The molecule has 0 radical (unpaired) electrons.